The highest BCUT2D eigenvalue weighted by atomic mass is 16.5. The molecule has 1 fully saturated rings. The maximum Gasteiger partial charge on any atom is 0.254 e. The summed E-state index contributed by atoms with van der Waals surface area (Å²) in [6.07, 6.45) is 4.52. The minimum Gasteiger partial charge on any atom is -0.379 e. The van der Waals surface area contributed by atoms with Gasteiger partial charge in [-0.25, -0.2) is 0 Å². The number of rotatable bonds is 10. The zero-order chi connectivity index (χ0) is 22.1. The van der Waals surface area contributed by atoms with Crippen LogP contribution in [0.1, 0.15) is 43.1 Å². The topological polar surface area (TPSA) is 48.9 Å². The molecule has 6 nitrogen and oxygen atoms in total. The van der Waals surface area contributed by atoms with E-state index in [1.807, 2.05) is 29.2 Å². The fourth-order valence-electron chi connectivity index (χ4n) is 4.09. The average Bonchev–Trinajstić information content (AvgIpc) is 2.80. The molecule has 1 aromatic carbocycles. The van der Waals surface area contributed by atoms with E-state index in [0.29, 0.717) is 12.6 Å². The Bertz CT molecular complexity index is 789. The predicted molar refractivity (Wildman–Crippen MR) is 125 cm³/mol. The van der Waals surface area contributed by atoms with Gasteiger partial charge in [0.2, 0.25) is 0 Å². The summed E-state index contributed by atoms with van der Waals surface area (Å²) in [4.78, 5) is 24.2. The van der Waals surface area contributed by atoms with E-state index < -0.39 is 0 Å². The molecule has 0 radical (unpaired) electrons. The molecular formula is C25H36N4O2. The van der Waals surface area contributed by atoms with Crippen molar-refractivity contribution in [2.24, 2.45) is 0 Å². The molecule has 1 aliphatic rings. The zero-order valence-electron chi connectivity index (χ0n) is 19.2. The molecule has 2 heterocycles. The van der Waals surface area contributed by atoms with Crippen LogP contribution < -0.4 is 4.90 Å². The number of morpholine rings is 1. The second-order valence-corrected chi connectivity index (χ2v) is 8.32. The Morgan fingerprint density at radius 3 is 2.39 bits per heavy atom. The van der Waals surface area contributed by atoms with Crippen LogP contribution in [0.2, 0.25) is 0 Å². The minimum absolute atomic E-state index is 0.0814. The van der Waals surface area contributed by atoms with Crippen LogP contribution in [0.5, 0.6) is 0 Å². The van der Waals surface area contributed by atoms with Crippen LogP contribution in [0.15, 0.2) is 48.8 Å². The molecular weight excluding hydrogens is 388 g/mol. The summed E-state index contributed by atoms with van der Waals surface area (Å²) < 4.78 is 5.44. The average molecular weight is 425 g/mol. The van der Waals surface area contributed by atoms with Crippen LogP contribution in [-0.4, -0.2) is 72.7 Å². The summed E-state index contributed by atoms with van der Waals surface area (Å²) in [6.45, 7) is 13.3. The molecule has 168 valence electrons. The normalized spacial score (nSPS) is 14.6. The number of benzene rings is 1. The van der Waals surface area contributed by atoms with Gasteiger partial charge in [-0.15, -0.1) is 0 Å². The molecule has 1 saturated heterocycles. The largest absolute Gasteiger partial charge is 0.379 e. The van der Waals surface area contributed by atoms with Gasteiger partial charge in [0, 0.05) is 69.0 Å². The minimum atomic E-state index is 0.0814. The van der Waals surface area contributed by atoms with E-state index in [1.165, 1.54) is 0 Å². The van der Waals surface area contributed by atoms with Gasteiger partial charge in [-0.2, -0.15) is 0 Å². The van der Waals surface area contributed by atoms with Crippen LogP contribution in [0, 0.1) is 0 Å². The van der Waals surface area contributed by atoms with Crippen LogP contribution in [-0.2, 0) is 11.3 Å². The van der Waals surface area contributed by atoms with Crippen LogP contribution in [0.25, 0.3) is 0 Å². The lowest BCUT2D eigenvalue weighted by Gasteiger charge is -2.29. The molecule has 2 aromatic rings. The number of aromatic nitrogens is 1. The third kappa shape index (κ3) is 6.77. The standard InChI is InChI=1S/C25H36N4O2/c1-4-29(21(2)3)24-8-6-23(7-9-24)25(30)28(20-22-10-12-26-13-11-22)15-5-14-27-16-18-31-19-17-27/h6-13,21H,4-5,14-20H2,1-3H3. The molecule has 0 N–H and O–H groups in total. The number of hydrogen-bond acceptors (Lipinski definition) is 5. The highest BCUT2D eigenvalue weighted by Crippen LogP contribution is 2.19. The molecule has 0 saturated carbocycles. The van der Waals surface area contributed by atoms with Gasteiger partial charge in [0.05, 0.1) is 13.2 Å². The lowest BCUT2D eigenvalue weighted by atomic mass is 10.1. The van der Waals surface area contributed by atoms with Crippen molar-refractivity contribution in [3.05, 3.63) is 59.9 Å². The van der Waals surface area contributed by atoms with E-state index in [2.05, 4.69) is 47.7 Å². The maximum absolute atomic E-state index is 13.4. The van der Waals surface area contributed by atoms with Crippen LogP contribution in [0.3, 0.4) is 0 Å². The Kier molecular flexibility index (Phi) is 8.85. The SMILES string of the molecule is CCN(c1ccc(C(=O)N(CCCN2CCOCC2)Cc2ccncc2)cc1)C(C)C. The van der Waals surface area contributed by atoms with Crippen LogP contribution >= 0.6 is 0 Å². The third-order valence-corrected chi connectivity index (χ3v) is 5.83. The number of carbonyl (C=O) groups is 1. The lowest BCUT2D eigenvalue weighted by molar-refractivity contribution is 0.0355. The van der Waals surface area contributed by atoms with Crippen molar-refractivity contribution in [3.8, 4) is 0 Å². The molecule has 1 amide bonds. The number of hydrogen-bond donors (Lipinski definition) is 0. The molecule has 0 unspecified atom stereocenters. The van der Waals surface area contributed by atoms with Gasteiger partial charge < -0.3 is 14.5 Å². The van der Waals surface area contributed by atoms with Crippen molar-refractivity contribution >= 4 is 11.6 Å². The monoisotopic (exact) mass is 424 g/mol. The molecule has 1 aliphatic heterocycles. The molecule has 6 heteroatoms. The molecule has 0 spiro atoms. The number of carbonyl (C=O) groups excluding carboxylic acids is 1. The number of pyridine rings is 1. The number of nitrogens with zero attached hydrogens (tertiary/aromatic N) is 4. The first-order valence-electron chi connectivity index (χ1n) is 11.4. The van der Waals surface area contributed by atoms with Gasteiger partial charge in [-0.1, -0.05) is 0 Å². The van der Waals surface area contributed by atoms with Gasteiger partial charge in [-0.05, 0) is 69.2 Å². The van der Waals surface area contributed by atoms with E-state index in [9.17, 15) is 4.79 Å². The molecule has 3 rings (SSSR count). The Morgan fingerprint density at radius 1 is 1.10 bits per heavy atom. The summed E-state index contributed by atoms with van der Waals surface area (Å²) >= 11 is 0. The first-order valence-corrected chi connectivity index (χ1v) is 11.4. The van der Waals surface area contributed by atoms with E-state index in [1.54, 1.807) is 12.4 Å². The van der Waals surface area contributed by atoms with Crippen LogP contribution in [0.4, 0.5) is 5.69 Å². The third-order valence-electron chi connectivity index (χ3n) is 5.83. The summed E-state index contributed by atoms with van der Waals surface area (Å²) in [5, 5.41) is 0. The summed E-state index contributed by atoms with van der Waals surface area (Å²) in [5.74, 6) is 0.0814. The predicted octanol–water partition coefficient (Wildman–Crippen LogP) is 3.68. The quantitative estimate of drug-likeness (QED) is 0.582. The Labute approximate surface area is 186 Å². The summed E-state index contributed by atoms with van der Waals surface area (Å²) in [6, 6.07) is 12.4. The van der Waals surface area contributed by atoms with Gasteiger partial charge in [-0.3, -0.25) is 14.7 Å². The molecule has 31 heavy (non-hydrogen) atoms. The van der Waals surface area contributed by atoms with Crippen molar-refractivity contribution in [1.82, 2.24) is 14.8 Å². The zero-order valence-corrected chi connectivity index (χ0v) is 19.2. The second-order valence-electron chi connectivity index (χ2n) is 8.32. The van der Waals surface area contributed by atoms with Crippen molar-refractivity contribution in [2.45, 2.75) is 39.8 Å². The fraction of sp³-hybridized carbons (Fsp3) is 0.520. The van der Waals surface area contributed by atoms with Crippen molar-refractivity contribution in [1.29, 1.82) is 0 Å². The van der Waals surface area contributed by atoms with Gasteiger partial charge in [0.1, 0.15) is 0 Å². The van der Waals surface area contributed by atoms with E-state index in [0.717, 1.165) is 69.2 Å². The van der Waals surface area contributed by atoms with E-state index in [-0.39, 0.29) is 5.91 Å². The van der Waals surface area contributed by atoms with Crippen molar-refractivity contribution in [3.63, 3.8) is 0 Å². The number of anilines is 1. The van der Waals surface area contributed by atoms with Gasteiger partial charge >= 0.3 is 0 Å². The highest BCUT2D eigenvalue weighted by molar-refractivity contribution is 5.94. The van der Waals surface area contributed by atoms with Gasteiger partial charge in [0.15, 0.2) is 0 Å². The molecule has 0 bridgehead atoms. The van der Waals surface area contributed by atoms with Crippen molar-refractivity contribution in [2.75, 3.05) is 50.8 Å². The first-order chi connectivity index (χ1) is 15.1. The number of amides is 1. The van der Waals surface area contributed by atoms with E-state index in [4.69, 9.17) is 4.74 Å². The Hall–Kier alpha value is -2.44. The summed E-state index contributed by atoms with van der Waals surface area (Å²) in [7, 11) is 0. The first kappa shape index (κ1) is 23.2. The molecule has 0 atom stereocenters. The lowest BCUT2D eigenvalue weighted by Crippen LogP contribution is -2.39. The highest BCUT2D eigenvalue weighted by Gasteiger charge is 2.18. The molecule has 0 aliphatic carbocycles. The Morgan fingerprint density at radius 2 is 1.77 bits per heavy atom. The van der Waals surface area contributed by atoms with Crippen molar-refractivity contribution < 1.29 is 9.53 Å². The Balaban J connectivity index is 1.68. The van der Waals surface area contributed by atoms with Gasteiger partial charge in [0.25, 0.3) is 5.91 Å². The smallest absolute Gasteiger partial charge is 0.254 e. The maximum atomic E-state index is 13.4. The fourth-order valence-corrected chi connectivity index (χ4v) is 4.09. The second kappa shape index (κ2) is 11.8. The summed E-state index contributed by atoms with van der Waals surface area (Å²) in [5.41, 5.74) is 2.99. The molecule has 1 aromatic heterocycles. The number of ether oxygens (including phenoxy) is 1. The van der Waals surface area contributed by atoms with E-state index >= 15 is 0 Å².